The summed E-state index contributed by atoms with van der Waals surface area (Å²) in [5.74, 6) is -0.287. The number of amides is 1. The molecule has 0 aromatic carbocycles. The van der Waals surface area contributed by atoms with Crippen LogP contribution in [0.3, 0.4) is 0 Å². The van der Waals surface area contributed by atoms with Gasteiger partial charge in [0.05, 0.1) is 16.9 Å². The highest BCUT2D eigenvalue weighted by molar-refractivity contribution is 7.16. The van der Waals surface area contributed by atoms with Gasteiger partial charge in [0.2, 0.25) is 5.91 Å². The quantitative estimate of drug-likeness (QED) is 0.862. The predicted octanol–water partition coefficient (Wildman–Crippen LogP) is 0.990. The minimum atomic E-state index is -0.502. The first-order chi connectivity index (χ1) is 7.96. The normalized spacial score (nSPS) is 24.3. The van der Waals surface area contributed by atoms with Crippen LogP contribution in [0.25, 0.3) is 0 Å². The molecule has 2 heterocycles. The molecule has 0 saturated carbocycles. The maximum absolute atomic E-state index is 11.3. The summed E-state index contributed by atoms with van der Waals surface area (Å²) in [5.41, 5.74) is 4.88. The molecular weight excluding hydrogens is 262 g/mol. The molecule has 1 aromatic rings. The molecule has 0 aliphatic carbocycles. The molecule has 5 nitrogen and oxygen atoms in total. The second kappa shape index (κ2) is 4.44. The summed E-state index contributed by atoms with van der Waals surface area (Å²) in [6, 6.07) is 0. The third-order valence-corrected chi connectivity index (χ3v) is 4.65. The highest BCUT2D eigenvalue weighted by Crippen LogP contribution is 2.36. The molecular formula is C10H14ClN3O2S. The number of aromatic nitrogens is 1. The summed E-state index contributed by atoms with van der Waals surface area (Å²) in [7, 11) is 0. The van der Waals surface area contributed by atoms with Crippen LogP contribution in [-0.2, 0) is 11.4 Å². The van der Waals surface area contributed by atoms with E-state index in [1.165, 1.54) is 11.3 Å². The number of carbonyl (C=O) groups excluding carboxylic acids is 1. The van der Waals surface area contributed by atoms with Crippen molar-refractivity contribution in [1.29, 1.82) is 0 Å². The summed E-state index contributed by atoms with van der Waals surface area (Å²) >= 11 is 7.23. The molecule has 1 fully saturated rings. The Balaban J connectivity index is 2.17. The largest absolute Gasteiger partial charge is 0.391 e. The first-order valence-corrected chi connectivity index (χ1v) is 6.46. The zero-order valence-electron chi connectivity index (χ0n) is 9.44. The molecule has 1 unspecified atom stereocenters. The van der Waals surface area contributed by atoms with Gasteiger partial charge in [0, 0.05) is 13.1 Å². The van der Waals surface area contributed by atoms with Gasteiger partial charge >= 0.3 is 0 Å². The van der Waals surface area contributed by atoms with Crippen LogP contribution in [-0.4, -0.2) is 29.1 Å². The monoisotopic (exact) mass is 275 g/mol. The fraction of sp³-hybridized carbons (Fsp3) is 0.600. The Bertz CT molecular complexity index is 451. The van der Waals surface area contributed by atoms with Crippen molar-refractivity contribution in [2.24, 2.45) is 11.1 Å². The number of halogens is 1. The molecule has 94 valence electrons. The number of hydrogen-bond acceptors (Lipinski definition) is 5. The second-order valence-electron chi connectivity index (χ2n) is 4.47. The number of carbonyl (C=O) groups is 1. The van der Waals surface area contributed by atoms with E-state index in [0.29, 0.717) is 23.0 Å². The molecule has 0 bridgehead atoms. The van der Waals surface area contributed by atoms with Crippen molar-refractivity contribution in [3.8, 4) is 0 Å². The van der Waals surface area contributed by atoms with Gasteiger partial charge in [-0.25, -0.2) is 4.98 Å². The minimum absolute atomic E-state index is 0.114. The summed E-state index contributed by atoms with van der Waals surface area (Å²) in [6.07, 6.45) is 0.716. The summed E-state index contributed by atoms with van der Waals surface area (Å²) in [5, 5.41) is 10.1. The lowest BCUT2D eigenvalue weighted by molar-refractivity contribution is -0.125. The van der Waals surface area contributed by atoms with Crippen LogP contribution in [0.4, 0.5) is 5.13 Å². The molecule has 1 aliphatic rings. The van der Waals surface area contributed by atoms with Crippen LogP contribution in [0, 0.1) is 5.41 Å². The van der Waals surface area contributed by atoms with Crippen molar-refractivity contribution in [3.63, 3.8) is 0 Å². The van der Waals surface area contributed by atoms with E-state index in [4.69, 9.17) is 22.4 Å². The lowest BCUT2D eigenvalue weighted by atomic mass is 9.89. The van der Waals surface area contributed by atoms with Gasteiger partial charge < -0.3 is 15.7 Å². The molecule has 1 atom stereocenters. The van der Waals surface area contributed by atoms with E-state index in [9.17, 15) is 4.79 Å². The van der Waals surface area contributed by atoms with Gasteiger partial charge in [0.25, 0.3) is 0 Å². The summed E-state index contributed by atoms with van der Waals surface area (Å²) in [4.78, 5) is 18.2. The Morgan fingerprint density at radius 1 is 1.76 bits per heavy atom. The first kappa shape index (κ1) is 12.6. The maximum atomic E-state index is 11.3. The van der Waals surface area contributed by atoms with E-state index < -0.39 is 5.41 Å². The number of primary amides is 1. The van der Waals surface area contributed by atoms with E-state index in [2.05, 4.69) is 4.98 Å². The first-order valence-electron chi connectivity index (χ1n) is 5.27. The predicted molar refractivity (Wildman–Crippen MR) is 67.2 cm³/mol. The average Bonchev–Trinajstić information content (AvgIpc) is 2.83. The summed E-state index contributed by atoms with van der Waals surface area (Å²) in [6.45, 7) is 3.03. The highest BCUT2D eigenvalue weighted by Gasteiger charge is 2.39. The Kier molecular flexibility index (Phi) is 3.29. The maximum Gasteiger partial charge on any atom is 0.225 e. The highest BCUT2D eigenvalue weighted by atomic mass is 35.5. The SMILES string of the molecule is CC1(C(N)=O)CCN(c2nc(Cl)c(CO)s2)C1. The molecule has 0 spiro atoms. The molecule has 7 heteroatoms. The van der Waals surface area contributed by atoms with Crippen LogP contribution in [0.5, 0.6) is 0 Å². The van der Waals surface area contributed by atoms with E-state index in [0.717, 1.165) is 11.7 Å². The number of rotatable bonds is 3. The standard InChI is InChI=1S/C10H14ClN3O2S/c1-10(8(12)16)2-3-14(5-10)9-13-7(11)6(4-15)17-9/h15H,2-5H2,1H3,(H2,12,16). The van der Waals surface area contributed by atoms with Crippen LogP contribution in [0.1, 0.15) is 18.2 Å². The van der Waals surface area contributed by atoms with Gasteiger partial charge in [-0.1, -0.05) is 22.9 Å². The van der Waals surface area contributed by atoms with Crippen LogP contribution >= 0.6 is 22.9 Å². The van der Waals surface area contributed by atoms with Gasteiger partial charge in [0.15, 0.2) is 5.13 Å². The number of thiazole rings is 1. The number of aliphatic hydroxyl groups is 1. The van der Waals surface area contributed by atoms with E-state index >= 15 is 0 Å². The Morgan fingerprint density at radius 3 is 2.94 bits per heavy atom. The number of hydrogen-bond donors (Lipinski definition) is 2. The fourth-order valence-corrected chi connectivity index (χ4v) is 3.02. The van der Waals surface area contributed by atoms with Crippen LogP contribution in [0.2, 0.25) is 5.15 Å². The molecule has 1 aromatic heterocycles. The van der Waals surface area contributed by atoms with Crippen molar-refractivity contribution >= 4 is 34.0 Å². The zero-order valence-corrected chi connectivity index (χ0v) is 11.0. The van der Waals surface area contributed by atoms with Gasteiger partial charge in [-0.3, -0.25) is 4.79 Å². The van der Waals surface area contributed by atoms with E-state index in [-0.39, 0.29) is 12.5 Å². The summed E-state index contributed by atoms with van der Waals surface area (Å²) < 4.78 is 0. The Hall–Kier alpha value is -0.850. The average molecular weight is 276 g/mol. The second-order valence-corrected chi connectivity index (χ2v) is 5.89. The van der Waals surface area contributed by atoms with Gasteiger partial charge in [0.1, 0.15) is 5.15 Å². The zero-order chi connectivity index (χ0) is 12.6. The van der Waals surface area contributed by atoms with Crippen molar-refractivity contribution in [2.75, 3.05) is 18.0 Å². The van der Waals surface area contributed by atoms with Crippen molar-refractivity contribution in [1.82, 2.24) is 4.98 Å². The third kappa shape index (κ3) is 2.25. The topological polar surface area (TPSA) is 79.5 Å². The van der Waals surface area contributed by atoms with E-state index in [1.807, 2.05) is 11.8 Å². The number of aliphatic hydroxyl groups excluding tert-OH is 1. The lowest BCUT2D eigenvalue weighted by Crippen LogP contribution is -2.37. The van der Waals surface area contributed by atoms with Crippen LogP contribution < -0.4 is 10.6 Å². The Morgan fingerprint density at radius 2 is 2.47 bits per heavy atom. The number of nitrogens with zero attached hydrogens (tertiary/aromatic N) is 2. The minimum Gasteiger partial charge on any atom is -0.391 e. The Labute approximate surface area is 108 Å². The van der Waals surface area contributed by atoms with Crippen molar-refractivity contribution < 1.29 is 9.90 Å². The van der Waals surface area contributed by atoms with Crippen molar-refractivity contribution in [3.05, 3.63) is 10.0 Å². The molecule has 1 amide bonds. The molecule has 17 heavy (non-hydrogen) atoms. The van der Waals surface area contributed by atoms with Gasteiger partial charge in [-0.05, 0) is 13.3 Å². The smallest absolute Gasteiger partial charge is 0.225 e. The van der Waals surface area contributed by atoms with Crippen LogP contribution in [0.15, 0.2) is 0 Å². The number of nitrogens with two attached hydrogens (primary N) is 1. The molecule has 1 aliphatic heterocycles. The molecule has 1 saturated heterocycles. The van der Waals surface area contributed by atoms with Gasteiger partial charge in [-0.15, -0.1) is 0 Å². The van der Waals surface area contributed by atoms with Gasteiger partial charge in [-0.2, -0.15) is 0 Å². The van der Waals surface area contributed by atoms with E-state index in [1.54, 1.807) is 0 Å². The van der Waals surface area contributed by atoms with Crippen molar-refractivity contribution in [2.45, 2.75) is 20.0 Å². The molecule has 0 radical (unpaired) electrons. The fourth-order valence-electron chi connectivity index (χ4n) is 1.88. The molecule has 2 rings (SSSR count). The number of anilines is 1. The third-order valence-electron chi connectivity index (χ3n) is 3.12. The molecule has 3 N–H and O–H groups in total. The lowest BCUT2D eigenvalue weighted by Gasteiger charge is -2.20.